The molecule has 1 atom stereocenters. The lowest BCUT2D eigenvalue weighted by molar-refractivity contribution is -0.396. The van der Waals surface area contributed by atoms with Crippen molar-refractivity contribution in [2.75, 3.05) is 21.0 Å². The molecule has 0 aromatic heterocycles. The van der Waals surface area contributed by atoms with Gasteiger partial charge in [0.1, 0.15) is 0 Å². The van der Waals surface area contributed by atoms with E-state index in [-0.39, 0.29) is 13.2 Å². The van der Waals surface area contributed by atoms with Crippen LogP contribution in [0, 0.1) is 0 Å². The Morgan fingerprint density at radius 3 is 2.30 bits per heavy atom. The van der Waals surface area contributed by atoms with E-state index in [0.717, 1.165) is 0 Å². The molecule has 61 valence electrons. The lowest BCUT2D eigenvalue weighted by atomic mass is 10.4. The highest BCUT2D eigenvalue weighted by Crippen LogP contribution is 2.12. The van der Waals surface area contributed by atoms with Crippen LogP contribution in [0.4, 0.5) is 0 Å². The average Bonchev–Trinajstić information content (AvgIpc) is 2.00. The Morgan fingerprint density at radius 1 is 1.40 bits per heavy atom. The standard InChI is InChI=1S/C6H13O4/c1-4-6(7,9-3)10-5-8-2/h4-5H2,1-3H3. The predicted octanol–water partition coefficient (Wildman–Crippen LogP) is 0.748. The second kappa shape index (κ2) is 4.62. The third kappa shape index (κ3) is 3.12. The van der Waals surface area contributed by atoms with Gasteiger partial charge in [-0.1, -0.05) is 6.92 Å². The van der Waals surface area contributed by atoms with Crippen LogP contribution in [0.15, 0.2) is 0 Å². The minimum Gasteiger partial charge on any atom is -0.358 e. The summed E-state index contributed by atoms with van der Waals surface area (Å²) in [7, 11) is 2.76. The Morgan fingerprint density at radius 2 is 2.00 bits per heavy atom. The Kier molecular flexibility index (Phi) is 4.55. The zero-order valence-corrected chi connectivity index (χ0v) is 6.55. The van der Waals surface area contributed by atoms with Gasteiger partial charge in [-0.05, 0) is 0 Å². The van der Waals surface area contributed by atoms with E-state index in [2.05, 4.69) is 14.2 Å². The summed E-state index contributed by atoms with van der Waals surface area (Å²) >= 11 is 0. The first-order chi connectivity index (χ1) is 4.68. The van der Waals surface area contributed by atoms with Crippen molar-refractivity contribution in [1.29, 1.82) is 0 Å². The highest BCUT2D eigenvalue weighted by Gasteiger charge is 2.26. The average molecular weight is 149 g/mol. The van der Waals surface area contributed by atoms with Crippen LogP contribution < -0.4 is 0 Å². The number of hydrogen-bond donors (Lipinski definition) is 0. The smallest absolute Gasteiger partial charge is 0.313 e. The van der Waals surface area contributed by atoms with Crippen LogP contribution in [0.5, 0.6) is 0 Å². The topological polar surface area (TPSA) is 47.6 Å². The Hall–Kier alpha value is -0.160. The second-order valence-electron chi connectivity index (χ2n) is 1.79. The summed E-state index contributed by atoms with van der Waals surface area (Å²) < 4.78 is 13.7. The summed E-state index contributed by atoms with van der Waals surface area (Å²) in [6.45, 7) is 1.65. The number of hydrogen-bond acceptors (Lipinski definition) is 3. The van der Waals surface area contributed by atoms with Crippen molar-refractivity contribution < 1.29 is 19.3 Å². The van der Waals surface area contributed by atoms with Crippen LogP contribution >= 0.6 is 0 Å². The van der Waals surface area contributed by atoms with Gasteiger partial charge in [-0.15, -0.1) is 0 Å². The maximum absolute atomic E-state index is 11.1. The monoisotopic (exact) mass is 149 g/mol. The fraction of sp³-hybridized carbons (Fsp3) is 1.00. The predicted molar refractivity (Wildman–Crippen MR) is 33.7 cm³/mol. The van der Waals surface area contributed by atoms with Crippen LogP contribution in [0.2, 0.25) is 0 Å². The van der Waals surface area contributed by atoms with Crippen molar-refractivity contribution in [2.45, 2.75) is 19.3 Å². The van der Waals surface area contributed by atoms with Gasteiger partial charge < -0.3 is 9.47 Å². The Bertz CT molecular complexity index is 79.8. The van der Waals surface area contributed by atoms with Crippen molar-refractivity contribution in [2.24, 2.45) is 0 Å². The molecular weight excluding hydrogens is 136 g/mol. The van der Waals surface area contributed by atoms with E-state index in [0.29, 0.717) is 0 Å². The van der Waals surface area contributed by atoms with Gasteiger partial charge in [0.05, 0.1) is 0 Å². The van der Waals surface area contributed by atoms with Crippen molar-refractivity contribution in [3.05, 3.63) is 0 Å². The van der Waals surface area contributed by atoms with Gasteiger partial charge in [-0.25, -0.2) is 0 Å². The maximum atomic E-state index is 11.1. The molecule has 10 heavy (non-hydrogen) atoms. The van der Waals surface area contributed by atoms with E-state index in [1.165, 1.54) is 14.2 Å². The molecule has 0 rings (SSSR count). The molecule has 0 amide bonds. The van der Waals surface area contributed by atoms with Gasteiger partial charge in [-0.3, -0.25) is 4.74 Å². The summed E-state index contributed by atoms with van der Waals surface area (Å²) in [5.74, 6) is -1.74. The molecule has 1 radical (unpaired) electrons. The van der Waals surface area contributed by atoms with Crippen LogP contribution in [-0.4, -0.2) is 27.0 Å². The number of methoxy groups -OCH3 is 2. The first-order valence-electron chi connectivity index (χ1n) is 3.07. The molecule has 0 saturated heterocycles. The highest BCUT2D eigenvalue weighted by molar-refractivity contribution is 4.45. The zero-order chi connectivity index (χ0) is 8.04. The van der Waals surface area contributed by atoms with E-state index < -0.39 is 5.97 Å². The van der Waals surface area contributed by atoms with Crippen LogP contribution in [0.1, 0.15) is 13.3 Å². The maximum Gasteiger partial charge on any atom is 0.313 e. The minimum atomic E-state index is -1.74. The summed E-state index contributed by atoms with van der Waals surface area (Å²) in [6, 6.07) is 0. The molecule has 0 spiro atoms. The molecule has 0 aliphatic heterocycles. The zero-order valence-electron chi connectivity index (χ0n) is 6.55. The van der Waals surface area contributed by atoms with Crippen LogP contribution in [-0.2, 0) is 19.3 Å². The normalized spacial score (nSPS) is 16.8. The van der Waals surface area contributed by atoms with Crippen molar-refractivity contribution >= 4 is 0 Å². The van der Waals surface area contributed by atoms with Crippen molar-refractivity contribution in [3.8, 4) is 0 Å². The van der Waals surface area contributed by atoms with E-state index in [1.807, 2.05) is 0 Å². The fourth-order valence-corrected chi connectivity index (χ4v) is 0.454. The summed E-state index contributed by atoms with van der Waals surface area (Å²) in [4.78, 5) is 0. The molecule has 4 nitrogen and oxygen atoms in total. The van der Waals surface area contributed by atoms with Gasteiger partial charge in [0.15, 0.2) is 6.79 Å². The molecule has 0 aromatic carbocycles. The molecule has 0 N–H and O–H groups in total. The highest BCUT2D eigenvalue weighted by atomic mass is 16.8. The molecule has 4 heteroatoms. The van der Waals surface area contributed by atoms with E-state index >= 15 is 0 Å². The second-order valence-corrected chi connectivity index (χ2v) is 1.79. The molecule has 0 aliphatic carbocycles. The molecule has 0 aliphatic rings. The number of rotatable bonds is 5. The third-order valence-electron chi connectivity index (χ3n) is 1.14. The largest absolute Gasteiger partial charge is 0.358 e. The van der Waals surface area contributed by atoms with Gasteiger partial charge in [0.2, 0.25) is 0 Å². The van der Waals surface area contributed by atoms with E-state index in [1.54, 1.807) is 6.92 Å². The molecule has 1 unspecified atom stereocenters. The molecule has 0 heterocycles. The van der Waals surface area contributed by atoms with Gasteiger partial charge in [0, 0.05) is 20.6 Å². The number of ether oxygens (including phenoxy) is 3. The third-order valence-corrected chi connectivity index (χ3v) is 1.14. The molecule has 0 fully saturated rings. The summed E-state index contributed by atoms with van der Waals surface area (Å²) in [5.41, 5.74) is 0. The fourth-order valence-electron chi connectivity index (χ4n) is 0.454. The summed E-state index contributed by atoms with van der Waals surface area (Å²) in [5, 5.41) is 11.1. The van der Waals surface area contributed by atoms with Gasteiger partial charge in [-0.2, -0.15) is 5.11 Å². The van der Waals surface area contributed by atoms with Gasteiger partial charge in [0.25, 0.3) is 0 Å². The molecule has 0 saturated carbocycles. The van der Waals surface area contributed by atoms with E-state index in [9.17, 15) is 5.11 Å². The first kappa shape index (κ1) is 9.84. The lowest BCUT2D eigenvalue weighted by Crippen LogP contribution is -2.32. The molecule has 0 bridgehead atoms. The summed E-state index contributed by atoms with van der Waals surface area (Å²) in [6.07, 6.45) is 0.257. The van der Waals surface area contributed by atoms with Gasteiger partial charge >= 0.3 is 5.97 Å². The van der Waals surface area contributed by atoms with Crippen molar-refractivity contribution in [1.82, 2.24) is 0 Å². The molecular formula is C6H13O4. The first-order valence-corrected chi connectivity index (χ1v) is 3.07. The molecule has 0 aromatic rings. The van der Waals surface area contributed by atoms with Crippen molar-refractivity contribution in [3.63, 3.8) is 0 Å². The lowest BCUT2D eigenvalue weighted by Gasteiger charge is -2.21. The van der Waals surface area contributed by atoms with Crippen LogP contribution in [0.25, 0.3) is 0 Å². The Labute approximate surface area is 60.7 Å². The quantitative estimate of drug-likeness (QED) is 0.542. The SMILES string of the molecule is CCC([O])(OC)OCOC. The van der Waals surface area contributed by atoms with Crippen LogP contribution in [0.3, 0.4) is 0 Å². The van der Waals surface area contributed by atoms with E-state index in [4.69, 9.17) is 0 Å². The Balaban J connectivity index is 3.58. The minimum absolute atomic E-state index is 0.0365.